The van der Waals surface area contributed by atoms with Crippen molar-refractivity contribution >= 4 is 11.6 Å². The summed E-state index contributed by atoms with van der Waals surface area (Å²) in [4.78, 5) is 0. The summed E-state index contributed by atoms with van der Waals surface area (Å²) in [5, 5.41) is 10.4. The fourth-order valence-corrected chi connectivity index (χ4v) is 2.05. The van der Waals surface area contributed by atoms with Crippen LogP contribution in [0.25, 0.3) is 0 Å². The van der Waals surface area contributed by atoms with E-state index in [1.54, 1.807) is 12.1 Å². The van der Waals surface area contributed by atoms with E-state index in [2.05, 4.69) is 0 Å². The molecule has 0 aliphatic heterocycles. The zero-order valence-corrected chi connectivity index (χ0v) is 10.1. The van der Waals surface area contributed by atoms with Gasteiger partial charge in [0.1, 0.15) is 11.9 Å². The maximum absolute atomic E-state index is 13.6. The Morgan fingerprint density at radius 1 is 1.18 bits per heavy atom. The van der Waals surface area contributed by atoms with Crippen molar-refractivity contribution in [1.82, 2.24) is 0 Å². The number of rotatable bonds is 2. The molecular formula is C14H12ClFO. The van der Waals surface area contributed by atoms with Crippen molar-refractivity contribution in [2.75, 3.05) is 0 Å². The zero-order chi connectivity index (χ0) is 12.4. The molecule has 1 atom stereocenters. The lowest BCUT2D eigenvalue weighted by atomic mass is 9.99. The van der Waals surface area contributed by atoms with Crippen LogP contribution in [0.15, 0.2) is 42.5 Å². The standard InChI is InChI=1S/C14H12ClFO/c1-9-4-2-5-10(8-9)14(17)13-11(15)6-3-7-12(13)16/h2-8,14,17H,1H3. The van der Waals surface area contributed by atoms with Gasteiger partial charge in [0.2, 0.25) is 0 Å². The lowest BCUT2D eigenvalue weighted by molar-refractivity contribution is 0.215. The minimum absolute atomic E-state index is 0.125. The number of benzene rings is 2. The molecule has 0 amide bonds. The van der Waals surface area contributed by atoms with E-state index in [1.807, 2.05) is 25.1 Å². The Morgan fingerprint density at radius 2 is 1.88 bits per heavy atom. The Morgan fingerprint density at radius 3 is 2.53 bits per heavy atom. The average molecular weight is 251 g/mol. The third kappa shape index (κ3) is 2.48. The Kier molecular flexibility index (Phi) is 3.46. The van der Waals surface area contributed by atoms with Crippen LogP contribution in [-0.4, -0.2) is 5.11 Å². The lowest BCUT2D eigenvalue weighted by Gasteiger charge is -2.14. The minimum atomic E-state index is -1.04. The first-order valence-electron chi connectivity index (χ1n) is 5.28. The second-order valence-corrected chi connectivity index (χ2v) is 4.36. The highest BCUT2D eigenvalue weighted by Crippen LogP contribution is 2.30. The van der Waals surface area contributed by atoms with E-state index in [-0.39, 0.29) is 10.6 Å². The molecule has 0 heterocycles. The van der Waals surface area contributed by atoms with E-state index >= 15 is 0 Å². The van der Waals surface area contributed by atoms with Gasteiger partial charge in [-0.3, -0.25) is 0 Å². The third-order valence-corrected chi connectivity index (χ3v) is 2.96. The Hall–Kier alpha value is -1.38. The van der Waals surface area contributed by atoms with Gasteiger partial charge in [-0.2, -0.15) is 0 Å². The number of aliphatic hydroxyl groups is 1. The number of aryl methyl sites for hydroxylation is 1. The van der Waals surface area contributed by atoms with E-state index in [0.29, 0.717) is 5.56 Å². The zero-order valence-electron chi connectivity index (χ0n) is 9.32. The van der Waals surface area contributed by atoms with Crippen LogP contribution in [0.4, 0.5) is 4.39 Å². The van der Waals surface area contributed by atoms with Crippen molar-refractivity contribution in [2.45, 2.75) is 13.0 Å². The molecule has 0 saturated carbocycles. The van der Waals surface area contributed by atoms with Gasteiger partial charge in [-0.15, -0.1) is 0 Å². The predicted molar refractivity (Wildman–Crippen MR) is 66.7 cm³/mol. The fourth-order valence-electron chi connectivity index (χ4n) is 1.78. The molecule has 3 heteroatoms. The topological polar surface area (TPSA) is 20.2 Å². The van der Waals surface area contributed by atoms with Gasteiger partial charge in [-0.1, -0.05) is 47.5 Å². The highest BCUT2D eigenvalue weighted by Gasteiger charge is 2.18. The monoisotopic (exact) mass is 250 g/mol. The smallest absolute Gasteiger partial charge is 0.130 e. The van der Waals surface area contributed by atoms with Gasteiger partial charge in [0.05, 0.1) is 0 Å². The van der Waals surface area contributed by atoms with E-state index in [1.165, 1.54) is 12.1 Å². The minimum Gasteiger partial charge on any atom is -0.383 e. The second kappa shape index (κ2) is 4.86. The van der Waals surface area contributed by atoms with Crippen LogP contribution < -0.4 is 0 Å². The quantitative estimate of drug-likeness (QED) is 0.858. The number of halogens is 2. The fraction of sp³-hybridized carbons (Fsp3) is 0.143. The molecule has 0 radical (unpaired) electrons. The van der Waals surface area contributed by atoms with E-state index < -0.39 is 11.9 Å². The van der Waals surface area contributed by atoms with Crippen molar-refractivity contribution in [3.05, 3.63) is 70.0 Å². The van der Waals surface area contributed by atoms with Crippen molar-refractivity contribution in [1.29, 1.82) is 0 Å². The summed E-state index contributed by atoms with van der Waals surface area (Å²) < 4.78 is 13.6. The lowest BCUT2D eigenvalue weighted by Crippen LogP contribution is -2.03. The molecule has 0 fully saturated rings. The van der Waals surface area contributed by atoms with Crippen molar-refractivity contribution in [3.8, 4) is 0 Å². The van der Waals surface area contributed by atoms with Crippen LogP contribution in [-0.2, 0) is 0 Å². The molecule has 2 aromatic rings. The number of hydrogen-bond acceptors (Lipinski definition) is 1. The van der Waals surface area contributed by atoms with Crippen LogP contribution >= 0.6 is 11.6 Å². The molecule has 1 N–H and O–H groups in total. The molecule has 1 nitrogen and oxygen atoms in total. The van der Waals surface area contributed by atoms with Crippen LogP contribution in [0, 0.1) is 12.7 Å². The maximum atomic E-state index is 13.6. The number of aliphatic hydroxyl groups excluding tert-OH is 1. The highest BCUT2D eigenvalue weighted by atomic mass is 35.5. The molecule has 0 aliphatic rings. The third-order valence-electron chi connectivity index (χ3n) is 2.63. The van der Waals surface area contributed by atoms with Gasteiger partial charge < -0.3 is 5.11 Å². The van der Waals surface area contributed by atoms with Gasteiger partial charge in [-0.25, -0.2) is 4.39 Å². The predicted octanol–water partition coefficient (Wildman–Crippen LogP) is 3.87. The number of hydrogen-bond donors (Lipinski definition) is 1. The van der Waals surface area contributed by atoms with Crippen LogP contribution in [0.5, 0.6) is 0 Å². The Bertz CT molecular complexity index is 519. The molecule has 2 rings (SSSR count). The van der Waals surface area contributed by atoms with Crippen molar-refractivity contribution in [3.63, 3.8) is 0 Å². The summed E-state index contributed by atoms with van der Waals surface area (Å²) in [6.45, 7) is 1.92. The Labute approximate surface area is 104 Å². The van der Waals surface area contributed by atoms with Crippen molar-refractivity contribution in [2.24, 2.45) is 0 Å². The first-order chi connectivity index (χ1) is 8.09. The molecule has 0 spiro atoms. The van der Waals surface area contributed by atoms with Gasteiger partial charge >= 0.3 is 0 Å². The molecule has 88 valence electrons. The summed E-state index contributed by atoms with van der Waals surface area (Å²) in [5.41, 5.74) is 1.77. The summed E-state index contributed by atoms with van der Waals surface area (Å²) in [7, 11) is 0. The SMILES string of the molecule is Cc1cccc(C(O)c2c(F)cccc2Cl)c1. The van der Waals surface area contributed by atoms with Gasteiger partial charge in [0, 0.05) is 10.6 Å². The molecule has 0 bridgehead atoms. The first kappa shape index (κ1) is 12.1. The first-order valence-corrected chi connectivity index (χ1v) is 5.66. The van der Waals surface area contributed by atoms with Crippen LogP contribution in [0.2, 0.25) is 5.02 Å². The summed E-state index contributed by atoms with van der Waals surface area (Å²) >= 11 is 5.91. The molecular weight excluding hydrogens is 239 g/mol. The summed E-state index contributed by atoms with van der Waals surface area (Å²) in [6, 6.07) is 11.7. The average Bonchev–Trinajstić information content (AvgIpc) is 2.28. The molecule has 0 aromatic heterocycles. The molecule has 2 aromatic carbocycles. The second-order valence-electron chi connectivity index (χ2n) is 3.95. The van der Waals surface area contributed by atoms with Crippen LogP contribution in [0.3, 0.4) is 0 Å². The van der Waals surface area contributed by atoms with Gasteiger partial charge in [0.15, 0.2) is 0 Å². The van der Waals surface area contributed by atoms with Gasteiger partial charge in [0.25, 0.3) is 0 Å². The summed E-state index contributed by atoms with van der Waals surface area (Å²) in [5.74, 6) is -0.494. The highest BCUT2D eigenvalue weighted by molar-refractivity contribution is 6.31. The molecule has 1 unspecified atom stereocenters. The largest absolute Gasteiger partial charge is 0.383 e. The van der Waals surface area contributed by atoms with Crippen molar-refractivity contribution < 1.29 is 9.50 Å². The molecule has 0 aliphatic carbocycles. The van der Waals surface area contributed by atoms with E-state index in [4.69, 9.17) is 11.6 Å². The summed E-state index contributed by atoms with van der Waals surface area (Å²) in [6.07, 6.45) is -1.04. The van der Waals surface area contributed by atoms with E-state index in [0.717, 1.165) is 5.56 Å². The maximum Gasteiger partial charge on any atom is 0.130 e. The molecule has 17 heavy (non-hydrogen) atoms. The van der Waals surface area contributed by atoms with Gasteiger partial charge in [-0.05, 0) is 24.6 Å². The molecule has 0 saturated heterocycles. The van der Waals surface area contributed by atoms with Crippen LogP contribution in [0.1, 0.15) is 22.8 Å². The Balaban J connectivity index is 2.47. The normalized spacial score (nSPS) is 12.5. The van der Waals surface area contributed by atoms with E-state index in [9.17, 15) is 9.50 Å².